The zero-order valence-electron chi connectivity index (χ0n) is 20.0. The molecule has 0 unspecified atom stereocenters. The van der Waals surface area contributed by atoms with Crippen LogP contribution in [0.25, 0.3) is 0 Å². The summed E-state index contributed by atoms with van der Waals surface area (Å²) in [6, 6.07) is 21.6. The van der Waals surface area contributed by atoms with E-state index in [0.29, 0.717) is 22.6 Å². The lowest BCUT2D eigenvalue weighted by molar-refractivity contribution is 0.102. The van der Waals surface area contributed by atoms with Gasteiger partial charge in [0.1, 0.15) is 0 Å². The van der Waals surface area contributed by atoms with Crippen molar-refractivity contribution in [3.05, 3.63) is 108 Å². The average molecular weight is 537 g/mol. The van der Waals surface area contributed by atoms with Gasteiger partial charge in [-0.2, -0.15) is 0 Å². The van der Waals surface area contributed by atoms with Crippen molar-refractivity contribution < 1.29 is 21.6 Å². The van der Waals surface area contributed by atoms with Gasteiger partial charge in [-0.05, 0) is 79.7 Å². The summed E-state index contributed by atoms with van der Waals surface area (Å²) in [4.78, 5) is 16.8. The number of rotatable bonds is 8. The Kier molecular flexibility index (Phi) is 7.28. The molecule has 4 rings (SSSR count). The van der Waals surface area contributed by atoms with Crippen LogP contribution in [0, 0.1) is 6.92 Å². The van der Waals surface area contributed by atoms with Gasteiger partial charge in [0.2, 0.25) is 0 Å². The maximum Gasteiger partial charge on any atom is 0.264 e. The Balaban J connectivity index is 1.43. The average Bonchev–Trinajstić information content (AvgIpc) is 2.89. The normalized spacial score (nSPS) is 11.5. The molecule has 2 N–H and O–H groups in total. The topological polar surface area (TPSA) is 126 Å². The number of benzene rings is 3. The largest absolute Gasteiger partial charge is 0.322 e. The Bertz CT molecular complexity index is 1610. The van der Waals surface area contributed by atoms with Crippen molar-refractivity contribution in [3.63, 3.8) is 0 Å². The zero-order chi connectivity index (χ0) is 26.6. The van der Waals surface area contributed by atoms with Gasteiger partial charge in [-0.1, -0.05) is 17.7 Å². The summed E-state index contributed by atoms with van der Waals surface area (Å²) in [5.41, 5.74) is 2.39. The lowest BCUT2D eigenvalue weighted by Gasteiger charge is -2.20. The molecule has 1 amide bonds. The highest BCUT2D eigenvalue weighted by atomic mass is 32.2. The predicted octanol–water partition coefficient (Wildman–Crippen LogP) is 4.27. The van der Waals surface area contributed by atoms with E-state index in [9.17, 15) is 21.6 Å². The molecule has 0 aliphatic rings. The number of nitrogens with one attached hydrogen (secondary N) is 2. The summed E-state index contributed by atoms with van der Waals surface area (Å²) in [5, 5.41) is 2.70. The minimum Gasteiger partial charge on any atom is -0.322 e. The van der Waals surface area contributed by atoms with Crippen LogP contribution in [0.15, 0.2) is 107 Å². The molecule has 0 aliphatic carbocycles. The highest BCUT2D eigenvalue weighted by molar-refractivity contribution is 7.93. The van der Waals surface area contributed by atoms with Crippen molar-refractivity contribution in [1.29, 1.82) is 0 Å². The number of hydrogen-bond acceptors (Lipinski definition) is 6. The molecule has 1 aromatic heterocycles. The Morgan fingerprint density at radius 3 is 2.00 bits per heavy atom. The van der Waals surface area contributed by atoms with Crippen LogP contribution in [0.1, 0.15) is 15.9 Å². The molecule has 9 nitrogen and oxygen atoms in total. The number of sulfonamides is 2. The third-order valence-electron chi connectivity index (χ3n) is 5.51. The Hall–Kier alpha value is -4.22. The van der Waals surface area contributed by atoms with Crippen LogP contribution in [0.3, 0.4) is 0 Å². The fourth-order valence-electron chi connectivity index (χ4n) is 3.39. The molecule has 0 radical (unpaired) electrons. The maximum absolute atomic E-state index is 12.9. The first-order valence-electron chi connectivity index (χ1n) is 11.1. The van der Waals surface area contributed by atoms with Gasteiger partial charge >= 0.3 is 0 Å². The standard InChI is InChI=1S/C26H24N4O5S2/c1-19-5-13-25(14-6-19)37(34,35)30(2)23-11-7-20(8-12-23)26(31)28-21-9-15-24(16-10-21)36(32,33)29-22-4-3-17-27-18-22/h3-18,29H,1-2H3,(H,28,31). The van der Waals surface area contributed by atoms with Gasteiger partial charge in [0, 0.05) is 24.5 Å². The van der Waals surface area contributed by atoms with Gasteiger partial charge in [0.15, 0.2) is 0 Å². The summed E-state index contributed by atoms with van der Waals surface area (Å²) in [7, 11) is -6.12. The Morgan fingerprint density at radius 2 is 1.41 bits per heavy atom. The molecule has 3 aromatic carbocycles. The molecule has 0 spiro atoms. The number of hydrogen-bond donors (Lipinski definition) is 2. The number of amides is 1. The van der Waals surface area contributed by atoms with Crippen molar-refractivity contribution >= 4 is 43.0 Å². The zero-order valence-corrected chi connectivity index (χ0v) is 21.6. The van der Waals surface area contributed by atoms with E-state index in [-0.39, 0.29) is 9.79 Å². The van der Waals surface area contributed by atoms with Crippen LogP contribution in [0.5, 0.6) is 0 Å². The molecule has 4 aromatic rings. The minimum absolute atomic E-state index is 0.0246. The van der Waals surface area contributed by atoms with Gasteiger partial charge in [-0.25, -0.2) is 16.8 Å². The van der Waals surface area contributed by atoms with Crippen LogP contribution in [0.4, 0.5) is 17.1 Å². The highest BCUT2D eigenvalue weighted by Gasteiger charge is 2.21. The van der Waals surface area contributed by atoms with E-state index in [4.69, 9.17) is 0 Å². The van der Waals surface area contributed by atoms with E-state index in [0.717, 1.165) is 9.87 Å². The van der Waals surface area contributed by atoms with E-state index >= 15 is 0 Å². The van der Waals surface area contributed by atoms with Crippen LogP contribution >= 0.6 is 0 Å². The molecular formula is C26H24N4O5S2. The van der Waals surface area contributed by atoms with Gasteiger partial charge < -0.3 is 5.32 Å². The third kappa shape index (κ3) is 5.96. The van der Waals surface area contributed by atoms with Crippen LogP contribution < -0.4 is 14.3 Å². The monoisotopic (exact) mass is 536 g/mol. The summed E-state index contributed by atoms with van der Waals surface area (Å²) in [6.45, 7) is 1.88. The number of nitrogens with zero attached hydrogens (tertiary/aromatic N) is 2. The number of carbonyl (C=O) groups excluding carboxylic acids is 1. The Labute approximate surface area is 215 Å². The molecule has 190 valence electrons. The smallest absolute Gasteiger partial charge is 0.264 e. The van der Waals surface area contributed by atoms with Crippen LogP contribution in [0.2, 0.25) is 0 Å². The first-order valence-corrected chi connectivity index (χ1v) is 14.0. The predicted molar refractivity (Wildman–Crippen MR) is 143 cm³/mol. The molecule has 0 bridgehead atoms. The molecule has 0 aliphatic heterocycles. The summed E-state index contributed by atoms with van der Waals surface area (Å²) in [6.07, 6.45) is 2.93. The molecular weight excluding hydrogens is 512 g/mol. The maximum atomic E-state index is 12.9. The second-order valence-electron chi connectivity index (χ2n) is 8.16. The molecule has 37 heavy (non-hydrogen) atoms. The van der Waals surface area contributed by atoms with E-state index in [1.165, 1.54) is 55.8 Å². The number of aryl methyl sites for hydroxylation is 1. The number of carbonyl (C=O) groups is 1. The summed E-state index contributed by atoms with van der Waals surface area (Å²) < 4.78 is 54.5. The molecule has 0 saturated heterocycles. The first kappa shape index (κ1) is 25.9. The van der Waals surface area contributed by atoms with Crippen molar-refractivity contribution in [2.24, 2.45) is 0 Å². The van der Waals surface area contributed by atoms with E-state index in [1.54, 1.807) is 48.5 Å². The lowest BCUT2D eigenvalue weighted by atomic mass is 10.2. The SMILES string of the molecule is Cc1ccc(S(=O)(=O)N(C)c2ccc(C(=O)Nc3ccc(S(=O)(=O)Nc4cccnc4)cc3)cc2)cc1. The fourth-order valence-corrected chi connectivity index (χ4v) is 5.63. The van der Waals surface area contributed by atoms with Gasteiger partial charge in [0.25, 0.3) is 26.0 Å². The van der Waals surface area contributed by atoms with Crippen molar-refractivity contribution in [1.82, 2.24) is 4.98 Å². The highest BCUT2D eigenvalue weighted by Crippen LogP contribution is 2.23. The third-order valence-corrected chi connectivity index (χ3v) is 8.71. The quantitative estimate of drug-likeness (QED) is 0.346. The first-order chi connectivity index (χ1) is 17.6. The summed E-state index contributed by atoms with van der Waals surface area (Å²) in [5.74, 6) is -0.431. The van der Waals surface area contributed by atoms with Gasteiger partial charge in [-0.15, -0.1) is 0 Å². The van der Waals surface area contributed by atoms with Crippen molar-refractivity contribution in [3.8, 4) is 0 Å². The minimum atomic E-state index is -3.81. The van der Waals surface area contributed by atoms with Crippen LogP contribution in [-0.4, -0.2) is 34.8 Å². The molecule has 11 heteroatoms. The number of anilines is 3. The number of aromatic nitrogens is 1. The second-order valence-corrected chi connectivity index (χ2v) is 11.8. The number of pyridine rings is 1. The van der Waals surface area contributed by atoms with Gasteiger partial charge in [0.05, 0.1) is 27.4 Å². The second kappa shape index (κ2) is 10.4. The van der Waals surface area contributed by atoms with Crippen LogP contribution in [-0.2, 0) is 20.0 Å². The summed E-state index contributed by atoms with van der Waals surface area (Å²) >= 11 is 0. The lowest BCUT2D eigenvalue weighted by Crippen LogP contribution is -2.26. The molecule has 0 fully saturated rings. The van der Waals surface area contributed by atoms with Crippen molar-refractivity contribution in [2.45, 2.75) is 16.7 Å². The fraction of sp³-hybridized carbons (Fsp3) is 0.0769. The van der Waals surface area contributed by atoms with Gasteiger partial charge in [-0.3, -0.25) is 18.8 Å². The van der Waals surface area contributed by atoms with Crippen molar-refractivity contribution in [2.75, 3.05) is 21.4 Å². The van der Waals surface area contributed by atoms with E-state index in [1.807, 2.05) is 6.92 Å². The Morgan fingerprint density at radius 1 is 0.784 bits per heavy atom. The van der Waals surface area contributed by atoms with E-state index < -0.39 is 26.0 Å². The molecule has 0 saturated carbocycles. The van der Waals surface area contributed by atoms with E-state index in [2.05, 4.69) is 15.0 Å². The molecule has 1 heterocycles. The molecule has 0 atom stereocenters.